The molecule has 10 rings (SSSR count). The number of ketones is 2. The molecule has 10 nitrogen and oxygen atoms in total. The fourth-order valence-electron chi connectivity index (χ4n) is 5.99. The van der Waals surface area contributed by atoms with Crippen molar-refractivity contribution < 1.29 is 27.3 Å². The smallest absolute Gasteiger partial charge is 0.284 e. The third kappa shape index (κ3) is 4.13. The lowest BCUT2D eigenvalue weighted by Gasteiger charge is -1.96. The van der Waals surface area contributed by atoms with Crippen molar-refractivity contribution in [2.45, 2.75) is 0 Å². The van der Waals surface area contributed by atoms with E-state index in [9.17, 15) is 9.59 Å². The van der Waals surface area contributed by atoms with Gasteiger partial charge in [-0.15, -0.1) is 0 Å². The van der Waals surface area contributed by atoms with Crippen LogP contribution in [0, 0.1) is 0 Å². The third-order valence-corrected chi connectivity index (χ3v) is 8.35. The standard InChI is InChI=1S/C38H18N4O6/c43-33(19-7-3-1-4-8-19)35-39-25-11-21-17-31-27(13-23(21)15-29(25)45-35)41-37(47-31)38-42-28-14-24-16-30-26(12-22(24)18-32(28)48-38)40-36(46-30)34(44)20-9-5-2-6-10-20/h1-18H. The van der Waals surface area contributed by atoms with Crippen LogP contribution in [-0.2, 0) is 0 Å². The molecule has 10 heteroatoms. The zero-order valence-corrected chi connectivity index (χ0v) is 24.6. The Balaban J connectivity index is 0.994. The molecule has 0 spiro atoms. The number of oxazole rings is 4. The van der Waals surface area contributed by atoms with Gasteiger partial charge in [0.25, 0.3) is 23.6 Å². The van der Waals surface area contributed by atoms with Crippen LogP contribution in [0.4, 0.5) is 0 Å². The molecule has 0 aliphatic heterocycles. The first-order valence-electron chi connectivity index (χ1n) is 15.0. The van der Waals surface area contributed by atoms with E-state index in [4.69, 9.17) is 17.7 Å². The Morgan fingerprint density at radius 1 is 0.396 bits per heavy atom. The van der Waals surface area contributed by atoms with Gasteiger partial charge in [-0.1, -0.05) is 60.7 Å². The fraction of sp³-hybridized carbons (Fsp3) is 0. The van der Waals surface area contributed by atoms with Crippen molar-refractivity contribution in [1.29, 1.82) is 0 Å². The van der Waals surface area contributed by atoms with E-state index in [1.807, 2.05) is 60.7 Å². The molecule has 0 N–H and O–H groups in total. The Morgan fingerprint density at radius 3 is 1.10 bits per heavy atom. The van der Waals surface area contributed by atoms with Crippen LogP contribution in [0.15, 0.2) is 127 Å². The van der Waals surface area contributed by atoms with E-state index >= 15 is 0 Å². The summed E-state index contributed by atoms with van der Waals surface area (Å²) in [6, 6.07) is 32.7. The minimum atomic E-state index is -0.280. The molecule has 0 unspecified atom stereocenters. The largest absolute Gasteiger partial charge is 0.433 e. The second kappa shape index (κ2) is 9.78. The number of aromatic nitrogens is 4. The first kappa shape index (κ1) is 26.3. The maximum absolute atomic E-state index is 12.9. The molecule has 0 amide bonds. The van der Waals surface area contributed by atoms with E-state index in [-0.39, 0.29) is 35.1 Å². The van der Waals surface area contributed by atoms with E-state index in [1.54, 1.807) is 48.5 Å². The van der Waals surface area contributed by atoms with Gasteiger partial charge in [-0.2, -0.15) is 0 Å². The molecule has 0 saturated carbocycles. The minimum Gasteiger partial charge on any atom is -0.433 e. The van der Waals surface area contributed by atoms with Gasteiger partial charge in [0.1, 0.15) is 22.1 Å². The highest BCUT2D eigenvalue weighted by molar-refractivity contribution is 6.09. The van der Waals surface area contributed by atoms with Crippen LogP contribution < -0.4 is 0 Å². The second-order valence-electron chi connectivity index (χ2n) is 11.4. The molecule has 6 aromatic carbocycles. The van der Waals surface area contributed by atoms with Gasteiger partial charge in [-0.3, -0.25) is 9.59 Å². The van der Waals surface area contributed by atoms with Crippen molar-refractivity contribution in [3.8, 4) is 11.8 Å². The number of hydrogen-bond acceptors (Lipinski definition) is 10. The summed E-state index contributed by atoms with van der Waals surface area (Å²) < 4.78 is 23.9. The number of benzene rings is 6. The molecule has 0 bridgehead atoms. The quantitative estimate of drug-likeness (QED) is 0.170. The predicted octanol–water partition coefficient (Wildman–Crippen LogP) is 8.69. The summed E-state index contributed by atoms with van der Waals surface area (Å²) in [5.41, 5.74) is 5.44. The molecule has 0 aliphatic rings. The second-order valence-corrected chi connectivity index (χ2v) is 11.4. The van der Waals surface area contributed by atoms with Gasteiger partial charge in [0.05, 0.1) is 0 Å². The number of hydrogen-bond donors (Lipinski definition) is 0. The highest BCUT2D eigenvalue weighted by Gasteiger charge is 2.21. The van der Waals surface area contributed by atoms with Crippen LogP contribution in [0.1, 0.15) is 32.5 Å². The van der Waals surface area contributed by atoms with Crippen molar-refractivity contribution in [3.63, 3.8) is 0 Å². The number of nitrogens with zero attached hydrogens (tertiary/aromatic N) is 4. The van der Waals surface area contributed by atoms with Crippen molar-refractivity contribution >= 4 is 77.5 Å². The van der Waals surface area contributed by atoms with Gasteiger partial charge in [0.15, 0.2) is 22.3 Å². The Hall–Kier alpha value is -6.94. The molecule has 0 aliphatic carbocycles. The lowest BCUT2D eigenvalue weighted by atomic mass is 10.1. The van der Waals surface area contributed by atoms with Crippen LogP contribution in [0.3, 0.4) is 0 Å². The van der Waals surface area contributed by atoms with Gasteiger partial charge in [0, 0.05) is 11.1 Å². The van der Waals surface area contributed by atoms with Crippen molar-refractivity contribution in [1.82, 2.24) is 19.9 Å². The monoisotopic (exact) mass is 626 g/mol. The molecule has 0 saturated heterocycles. The van der Waals surface area contributed by atoms with Crippen molar-refractivity contribution in [3.05, 3.63) is 132 Å². The average molecular weight is 627 g/mol. The molecule has 48 heavy (non-hydrogen) atoms. The number of carbonyl (C=O) groups is 2. The molecule has 226 valence electrons. The predicted molar refractivity (Wildman–Crippen MR) is 177 cm³/mol. The molecule has 0 fully saturated rings. The van der Waals surface area contributed by atoms with Gasteiger partial charge >= 0.3 is 0 Å². The minimum absolute atomic E-state index is 0.0343. The summed E-state index contributed by atoms with van der Waals surface area (Å²) in [7, 11) is 0. The highest BCUT2D eigenvalue weighted by atomic mass is 16.4. The van der Waals surface area contributed by atoms with Crippen LogP contribution in [0.2, 0.25) is 0 Å². The van der Waals surface area contributed by atoms with Crippen molar-refractivity contribution in [2.75, 3.05) is 0 Å². The highest BCUT2D eigenvalue weighted by Crippen LogP contribution is 2.34. The SMILES string of the molecule is O=C(c1ccccc1)c1nc2cc3cc4oc(-c5nc6cc7cc8oc(C(=O)c9ccccc9)nc8cc7cc6o5)nc4cc3cc2o1. The van der Waals surface area contributed by atoms with Crippen LogP contribution in [0.25, 0.3) is 77.7 Å². The molecule has 0 atom stereocenters. The van der Waals surface area contributed by atoms with Gasteiger partial charge in [-0.25, -0.2) is 19.9 Å². The summed E-state index contributed by atoms with van der Waals surface area (Å²) in [5.74, 6) is -0.0238. The first-order valence-corrected chi connectivity index (χ1v) is 15.0. The summed E-state index contributed by atoms with van der Waals surface area (Å²) in [6.45, 7) is 0. The maximum Gasteiger partial charge on any atom is 0.284 e. The zero-order chi connectivity index (χ0) is 31.9. The summed E-state index contributed by atoms with van der Waals surface area (Å²) in [5, 5.41) is 3.39. The first-order chi connectivity index (χ1) is 23.5. The number of carbonyl (C=O) groups excluding carboxylic acids is 2. The average Bonchev–Trinajstić information content (AvgIpc) is 3.91. The third-order valence-electron chi connectivity index (χ3n) is 8.35. The summed E-state index contributed by atoms with van der Waals surface area (Å²) in [6.07, 6.45) is 0. The lowest BCUT2D eigenvalue weighted by molar-refractivity contribution is 0.0998. The van der Waals surface area contributed by atoms with E-state index in [0.29, 0.717) is 55.5 Å². The maximum atomic E-state index is 12.9. The molecular formula is C38H18N4O6. The van der Waals surface area contributed by atoms with Gasteiger partial charge in [0.2, 0.25) is 11.6 Å². The molecule has 4 heterocycles. The van der Waals surface area contributed by atoms with E-state index in [2.05, 4.69) is 19.9 Å². The summed E-state index contributed by atoms with van der Waals surface area (Å²) >= 11 is 0. The topological polar surface area (TPSA) is 138 Å². The molecule has 0 radical (unpaired) electrons. The van der Waals surface area contributed by atoms with E-state index in [1.165, 1.54) is 0 Å². The van der Waals surface area contributed by atoms with E-state index < -0.39 is 0 Å². The molecular weight excluding hydrogens is 608 g/mol. The van der Waals surface area contributed by atoms with Crippen molar-refractivity contribution in [2.24, 2.45) is 0 Å². The van der Waals surface area contributed by atoms with Crippen LogP contribution >= 0.6 is 0 Å². The van der Waals surface area contributed by atoms with Crippen LogP contribution in [0.5, 0.6) is 0 Å². The Labute approximate surface area is 268 Å². The Kier molecular flexibility index (Phi) is 5.36. The van der Waals surface area contributed by atoms with Crippen LogP contribution in [-0.4, -0.2) is 31.5 Å². The Morgan fingerprint density at radius 2 is 0.729 bits per heavy atom. The number of fused-ring (bicyclic) bond motifs is 6. The van der Waals surface area contributed by atoms with E-state index in [0.717, 1.165) is 21.5 Å². The fourth-order valence-corrected chi connectivity index (χ4v) is 5.99. The normalized spacial score (nSPS) is 11.9. The molecule has 10 aromatic rings. The zero-order valence-electron chi connectivity index (χ0n) is 24.6. The Bertz CT molecular complexity index is 2590. The van der Waals surface area contributed by atoms with Gasteiger partial charge in [-0.05, 0) is 70.1 Å². The van der Waals surface area contributed by atoms with Gasteiger partial charge < -0.3 is 17.7 Å². The summed E-state index contributed by atoms with van der Waals surface area (Å²) in [4.78, 5) is 44.0. The number of rotatable bonds is 5. The molecule has 4 aromatic heterocycles. The lowest BCUT2D eigenvalue weighted by Crippen LogP contribution is -2.00.